The number of aryl methyl sites for hydroxylation is 4. The lowest BCUT2D eigenvalue weighted by molar-refractivity contribution is 0.289. The number of phosphoric ester groups is 2. The van der Waals surface area contributed by atoms with Gasteiger partial charge in [-0.15, -0.1) is 0 Å². The van der Waals surface area contributed by atoms with Crippen LogP contribution in [-0.2, 0) is 22.0 Å². The number of phosphoric acid groups is 2. The molecule has 0 N–H and O–H groups in total. The zero-order chi connectivity index (χ0) is 32.1. The van der Waals surface area contributed by atoms with Gasteiger partial charge in [0.1, 0.15) is 34.5 Å². The van der Waals surface area contributed by atoms with Gasteiger partial charge in [0.15, 0.2) is 0 Å². The summed E-state index contributed by atoms with van der Waals surface area (Å²) in [6, 6.07) is 29.2. The Balaban J connectivity index is 1.24. The Bertz CT molecular complexity index is 1830. The molecule has 0 unspecified atom stereocenters. The van der Waals surface area contributed by atoms with Gasteiger partial charge in [-0.25, -0.2) is 0 Å². The first kappa shape index (κ1) is 30.0. The third-order valence-corrected chi connectivity index (χ3v) is 10.5. The molecule has 0 aliphatic carbocycles. The van der Waals surface area contributed by atoms with Crippen LogP contribution in [0.1, 0.15) is 44.5 Å². The highest BCUT2D eigenvalue weighted by molar-refractivity contribution is 7.50. The molecule has 0 radical (unpaired) electrons. The summed E-state index contributed by atoms with van der Waals surface area (Å²) in [6.07, 6.45) is 1.08. The third kappa shape index (κ3) is 5.87. The van der Waals surface area contributed by atoms with E-state index >= 15 is 0 Å². The molecule has 0 saturated heterocycles. The molecule has 5 aromatic rings. The van der Waals surface area contributed by atoms with Crippen LogP contribution < -0.4 is 27.1 Å². The van der Waals surface area contributed by atoms with Gasteiger partial charge in [0.2, 0.25) is 0 Å². The van der Waals surface area contributed by atoms with Gasteiger partial charge >= 0.3 is 15.6 Å². The van der Waals surface area contributed by atoms with E-state index in [2.05, 4.69) is 0 Å². The lowest BCUT2D eigenvalue weighted by atomic mass is 9.99. The second-order valence-corrected chi connectivity index (χ2v) is 14.4. The van der Waals surface area contributed by atoms with Crippen LogP contribution >= 0.6 is 15.6 Å². The number of fused-ring (bicyclic) bond motifs is 4. The zero-order valence-corrected chi connectivity index (χ0v) is 27.6. The highest BCUT2D eigenvalue weighted by atomic mass is 31.2. The van der Waals surface area contributed by atoms with E-state index in [1.54, 1.807) is 18.2 Å². The van der Waals surface area contributed by atoms with E-state index in [4.69, 9.17) is 27.1 Å². The van der Waals surface area contributed by atoms with Crippen LogP contribution in [0.4, 0.5) is 0 Å². The minimum Gasteiger partial charge on any atom is -0.386 e. The van der Waals surface area contributed by atoms with Crippen LogP contribution in [0.25, 0.3) is 0 Å². The minimum absolute atomic E-state index is 0.110. The molecule has 0 saturated carbocycles. The lowest BCUT2D eigenvalue weighted by Crippen LogP contribution is -2.14. The molecule has 234 valence electrons. The van der Waals surface area contributed by atoms with Crippen LogP contribution in [0.5, 0.6) is 34.5 Å². The van der Waals surface area contributed by atoms with Gasteiger partial charge in [-0.05, 0) is 84.3 Å². The fourth-order valence-corrected chi connectivity index (χ4v) is 8.65. The second kappa shape index (κ2) is 11.6. The van der Waals surface area contributed by atoms with E-state index in [-0.39, 0.29) is 11.5 Å². The molecule has 46 heavy (non-hydrogen) atoms. The van der Waals surface area contributed by atoms with Gasteiger partial charge in [-0.1, -0.05) is 78.9 Å². The van der Waals surface area contributed by atoms with Gasteiger partial charge in [0.25, 0.3) is 0 Å². The van der Waals surface area contributed by atoms with E-state index in [9.17, 15) is 9.13 Å². The molecule has 0 fully saturated rings. The number of rotatable bonds is 4. The van der Waals surface area contributed by atoms with Gasteiger partial charge in [0.05, 0.1) is 0 Å². The van der Waals surface area contributed by atoms with Gasteiger partial charge in [-0.2, -0.15) is 9.13 Å². The van der Waals surface area contributed by atoms with Crippen molar-refractivity contribution in [2.75, 3.05) is 0 Å². The molecule has 0 bridgehead atoms. The lowest BCUT2D eigenvalue weighted by Gasteiger charge is -2.27. The largest absolute Gasteiger partial charge is 0.647 e. The molecule has 0 atom stereocenters. The Hall–Kier alpha value is -4.64. The first-order chi connectivity index (χ1) is 22.1. The van der Waals surface area contributed by atoms with Crippen molar-refractivity contribution in [2.45, 2.75) is 40.5 Å². The summed E-state index contributed by atoms with van der Waals surface area (Å²) in [4.78, 5) is 0. The molecular weight excluding hydrogens is 622 g/mol. The Kier molecular flexibility index (Phi) is 7.59. The number of hydrogen-bond donors (Lipinski definition) is 0. The van der Waals surface area contributed by atoms with Crippen molar-refractivity contribution in [2.24, 2.45) is 0 Å². The molecule has 0 aromatic heterocycles. The fraction of sp³-hybridized carbons (Fsp3) is 0.167. The van der Waals surface area contributed by atoms with E-state index in [1.165, 1.54) is 6.07 Å². The average Bonchev–Trinajstić information content (AvgIpc) is 2.99. The van der Waals surface area contributed by atoms with Crippen molar-refractivity contribution in [3.05, 3.63) is 142 Å². The van der Waals surface area contributed by atoms with Gasteiger partial charge in [-0.3, -0.25) is 0 Å². The van der Waals surface area contributed by atoms with Crippen LogP contribution in [0, 0.1) is 27.7 Å². The van der Waals surface area contributed by atoms with Crippen molar-refractivity contribution >= 4 is 15.6 Å². The van der Waals surface area contributed by atoms with Crippen LogP contribution in [0.3, 0.4) is 0 Å². The molecular formula is C36H32O8P2. The molecule has 0 amide bonds. The Labute approximate surface area is 268 Å². The maximum atomic E-state index is 14.4. The summed E-state index contributed by atoms with van der Waals surface area (Å²) in [7, 11) is -8.61. The quantitative estimate of drug-likeness (QED) is 0.177. The summed E-state index contributed by atoms with van der Waals surface area (Å²) in [6.45, 7) is 7.51. The van der Waals surface area contributed by atoms with E-state index < -0.39 is 15.6 Å². The predicted molar refractivity (Wildman–Crippen MR) is 176 cm³/mol. The van der Waals surface area contributed by atoms with E-state index in [1.807, 2.05) is 100 Å². The molecule has 10 heteroatoms. The van der Waals surface area contributed by atoms with Crippen LogP contribution in [-0.4, -0.2) is 0 Å². The monoisotopic (exact) mass is 654 g/mol. The topological polar surface area (TPSA) is 89.5 Å². The normalized spacial score (nSPS) is 15.6. The second-order valence-electron chi connectivity index (χ2n) is 11.5. The Morgan fingerprint density at radius 3 is 1.04 bits per heavy atom. The standard InChI is InChI=1S/C36H32O8P2/c1-23-10-5-14-27-20-28-15-6-11-24(2)34(28)42-45(37,41-33(23)27)39-31-18-9-19-32(22-31)40-46(38)43-35-25(3)12-7-16-29(35)21-30-17-8-13-26(4)36(30)44-46/h5-19,22H,20-21H2,1-4H3. The van der Waals surface area contributed by atoms with E-state index in [0.717, 1.165) is 44.5 Å². The molecule has 2 aliphatic heterocycles. The summed E-state index contributed by atoms with van der Waals surface area (Å²) in [5.41, 5.74) is 6.61. The van der Waals surface area contributed by atoms with Crippen molar-refractivity contribution < 1.29 is 36.3 Å². The third-order valence-electron chi connectivity index (χ3n) is 7.99. The molecule has 2 heterocycles. The van der Waals surface area contributed by atoms with Gasteiger partial charge < -0.3 is 27.1 Å². The van der Waals surface area contributed by atoms with Crippen molar-refractivity contribution in [3.8, 4) is 34.5 Å². The molecule has 2 aliphatic rings. The summed E-state index contributed by atoms with van der Waals surface area (Å²) in [5, 5.41) is 0. The van der Waals surface area contributed by atoms with Crippen LogP contribution in [0.2, 0.25) is 0 Å². The van der Waals surface area contributed by atoms with Crippen molar-refractivity contribution in [1.29, 1.82) is 0 Å². The zero-order valence-electron chi connectivity index (χ0n) is 25.8. The number of hydrogen-bond acceptors (Lipinski definition) is 8. The SMILES string of the molecule is Cc1cccc2c1OP(=O)(Oc1cccc(OP3(=O)Oc4c(C)cccc4Cc4cccc(C)c4O3)c1)Oc1c(C)cccc1C2. The van der Waals surface area contributed by atoms with Crippen LogP contribution in [0.15, 0.2) is 97.1 Å². The average molecular weight is 655 g/mol. The molecule has 0 spiro atoms. The molecule has 7 rings (SSSR count). The Morgan fingerprint density at radius 1 is 0.457 bits per heavy atom. The summed E-state index contributed by atoms with van der Waals surface area (Å²) >= 11 is 0. The van der Waals surface area contributed by atoms with Crippen molar-refractivity contribution in [1.82, 2.24) is 0 Å². The Morgan fingerprint density at radius 2 is 0.739 bits per heavy atom. The van der Waals surface area contributed by atoms with Gasteiger partial charge in [0, 0.05) is 18.9 Å². The highest BCUT2D eigenvalue weighted by Crippen LogP contribution is 2.57. The smallest absolute Gasteiger partial charge is 0.386 e. The summed E-state index contributed by atoms with van der Waals surface area (Å²) < 4.78 is 65.1. The minimum atomic E-state index is -4.30. The maximum absolute atomic E-state index is 14.4. The first-order valence-electron chi connectivity index (χ1n) is 14.9. The first-order valence-corrected chi connectivity index (χ1v) is 17.8. The maximum Gasteiger partial charge on any atom is 0.647 e. The van der Waals surface area contributed by atoms with Crippen molar-refractivity contribution in [3.63, 3.8) is 0 Å². The highest BCUT2D eigenvalue weighted by Gasteiger charge is 2.40. The number of benzene rings is 5. The summed E-state index contributed by atoms with van der Waals surface area (Å²) in [5.74, 6) is 1.98. The van der Waals surface area contributed by atoms with E-state index in [0.29, 0.717) is 35.8 Å². The predicted octanol–water partition coefficient (Wildman–Crippen LogP) is 10.0. The molecule has 5 aromatic carbocycles. The molecule has 8 nitrogen and oxygen atoms in total. The number of para-hydroxylation sites is 4. The fourth-order valence-electron chi connectivity index (χ4n) is 5.75.